The molecule has 0 aliphatic rings. The normalized spacial score (nSPS) is 11.2. The lowest BCUT2D eigenvalue weighted by Crippen LogP contribution is -2.26. The van der Waals surface area contributed by atoms with E-state index in [1.807, 2.05) is 39.8 Å². The second-order valence-electron chi connectivity index (χ2n) is 5.80. The summed E-state index contributed by atoms with van der Waals surface area (Å²) in [5.74, 6) is 1.10. The van der Waals surface area contributed by atoms with Crippen LogP contribution in [0.25, 0.3) is 0 Å². The molecule has 0 heterocycles. The van der Waals surface area contributed by atoms with E-state index in [1.165, 1.54) is 0 Å². The molecule has 0 amide bonds. The lowest BCUT2D eigenvalue weighted by molar-refractivity contribution is 0.0966. The Labute approximate surface area is 129 Å². The molecule has 0 saturated heterocycles. The number of carbonyl (C=O) groups is 1. The van der Waals surface area contributed by atoms with Gasteiger partial charge in [0, 0.05) is 18.5 Å². The largest absolute Gasteiger partial charge is 0.491 e. The van der Waals surface area contributed by atoms with Gasteiger partial charge in [-0.2, -0.15) is 0 Å². The second kappa shape index (κ2) is 8.18. The number of hydrogen-bond donors (Lipinski definition) is 0. The molecular formula is C18H29NO2. The minimum absolute atomic E-state index is 0.146. The summed E-state index contributed by atoms with van der Waals surface area (Å²) in [4.78, 5) is 14.7. The highest BCUT2D eigenvalue weighted by Gasteiger charge is 2.14. The Morgan fingerprint density at radius 1 is 1.14 bits per heavy atom. The average Bonchev–Trinajstić information content (AvgIpc) is 2.42. The molecule has 1 aromatic carbocycles. The maximum Gasteiger partial charge on any atom is 0.164 e. The van der Waals surface area contributed by atoms with Crippen LogP contribution < -0.4 is 4.74 Å². The quantitative estimate of drug-likeness (QED) is 0.678. The Hall–Kier alpha value is -1.35. The van der Waals surface area contributed by atoms with Crippen LogP contribution in [0.5, 0.6) is 5.75 Å². The van der Waals surface area contributed by atoms with Crippen molar-refractivity contribution in [2.24, 2.45) is 0 Å². The van der Waals surface area contributed by atoms with Crippen LogP contribution in [0.15, 0.2) is 12.1 Å². The number of ether oxygens (including phenoxy) is 1. The van der Waals surface area contributed by atoms with Gasteiger partial charge in [-0.15, -0.1) is 0 Å². The second-order valence-corrected chi connectivity index (χ2v) is 5.80. The van der Waals surface area contributed by atoms with Crippen LogP contribution in [0.4, 0.5) is 0 Å². The van der Waals surface area contributed by atoms with E-state index < -0.39 is 0 Å². The highest BCUT2D eigenvalue weighted by atomic mass is 16.5. The van der Waals surface area contributed by atoms with Gasteiger partial charge < -0.3 is 9.64 Å². The van der Waals surface area contributed by atoms with Crippen molar-refractivity contribution in [3.05, 3.63) is 28.8 Å². The Bertz CT molecular complexity index is 476. The van der Waals surface area contributed by atoms with E-state index in [9.17, 15) is 4.79 Å². The highest BCUT2D eigenvalue weighted by Crippen LogP contribution is 2.24. The third-order valence-corrected chi connectivity index (χ3v) is 3.73. The fourth-order valence-electron chi connectivity index (χ4n) is 2.41. The molecule has 0 atom stereocenters. The van der Waals surface area contributed by atoms with E-state index >= 15 is 0 Å². The van der Waals surface area contributed by atoms with Crippen molar-refractivity contribution in [1.82, 2.24) is 4.90 Å². The van der Waals surface area contributed by atoms with Crippen molar-refractivity contribution >= 4 is 5.78 Å². The van der Waals surface area contributed by atoms with Gasteiger partial charge >= 0.3 is 0 Å². The van der Waals surface area contributed by atoms with E-state index in [4.69, 9.17) is 4.74 Å². The van der Waals surface area contributed by atoms with Crippen LogP contribution >= 0.6 is 0 Å². The van der Waals surface area contributed by atoms with Gasteiger partial charge in [0.2, 0.25) is 0 Å². The standard InChI is InChI=1S/C18H29NO2/c1-7-19(8-2)10-9-17(20)16-11-15(6)18(12-14(16)5)21-13(3)4/h11-13H,7-10H2,1-6H3. The number of benzene rings is 1. The van der Waals surface area contributed by atoms with Gasteiger partial charge in [0.25, 0.3) is 0 Å². The summed E-state index contributed by atoms with van der Waals surface area (Å²) >= 11 is 0. The fourth-order valence-corrected chi connectivity index (χ4v) is 2.41. The molecule has 0 fully saturated rings. The van der Waals surface area contributed by atoms with Gasteiger partial charge in [-0.1, -0.05) is 13.8 Å². The molecular weight excluding hydrogens is 262 g/mol. The maximum atomic E-state index is 12.4. The molecule has 118 valence electrons. The van der Waals surface area contributed by atoms with Crippen LogP contribution in [0.3, 0.4) is 0 Å². The van der Waals surface area contributed by atoms with Crippen molar-refractivity contribution in [2.75, 3.05) is 19.6 Å². The first kappa shape index (κ1) is 17.7. The summed E-state index contributed by atoms with van der Waals surface area (Å²) in [5, 5.41) is 0. The minimum atomic E-state index is 0.146. The number of Topliss-reactive ketones (excluding diaryl/α,β-unsaturated/α-hetero) is 1. The SMILES string of the molecule is CCN(CC)CCC(=O)c1cc(C)c(OC(C)C)cc1C. The molecule has 0 bridgehead atoms. The number of ketones is 1. The van der Waals surface area contributed by atoms with E-state index in [-0.39, 0.29) is 11.9 Å². The van der Waals surface area contributed by atoms with Crippen molar-refractivity contribution in [3.63, 3.8) is 0 Å². The van der Waals surface area contributed by atoms with Gasteiger partial charge in [-0.05, 0) is 64.0 Å². The average molecular weight is 291 g/mol. The first-order valence-electron chi connectivity index (χ1n) is 7.92. The molecule has 0 aliphatic heterocycles. The topological polar surface area (TPSA) is 29.5 Å². The van der Waals surface area contributed by atoms with Crippen molar-refractivity contribution in [1.29, 1.82) is 0 Å². The van der Waals surface area contributed by atoms with E-state index in [0.717, 1.165) is 42.1 Å². The Morgan fingerprint density at radius 2 is 1.76 bits per heavy atom. The van der Waals surface area contributed by atoms with Gasteiger partial charge in [-0.3, -0.25) is 4.79 Å². The van der Waals surface area contributed by atoms with Crippen LogP contribution in [0, 0.1) is 13.8 Å². The lowest BCUT2D eigenvalue weighted by Gasteiger charge is -2.18. The van der Waals surface area contributed by atoms with E-state index in [0.29, 0.717) is 6.42 Å². The summed E-state index contributed by atoms with van der Waals surface area (Å²) in [6.45, 7) is 15.1. The zero-order chi connectivity index (χ0) is 16.0. The van der Waals surface area contributed by atoms with Crippen LogP contribution in [0.2, 0.25) is 0 Å². The van der Waals surface area contributed by atoms with Crippen molar-refractivity contribution in [2.45, 2.75) is 54.1 Å². The summed E-state index contributed by atoms with van der Waals surface area (Å²) < 4.78 is 5.77. The van der Waals surface area contributed by atoms with Gasteiger partial charge in [0.15, 0.2) is 5.78 Å². The molecule has 0 radical (unpaired) electrons. The monoisotopic (exact) mass is 291 g/mol. The molecule has 21 heavy (non-hydrogen) atoms. The molecule has 0 spiro atoms. The molecule has 0 N–H and O–H groups in total. The first-order valence-corrected chi connectivity index (χ1v) is 7.92. The molecule has 0 aromatic heterocycles. The fraction of sp³-hybridized carbons (Fsp3) is 0.611. The Kier molecular flexibility index (Phi) is 6.90. The molecule has 3 heteroatoms. The third kappa shape index (κ3) is 5.16. The number of aryl methyl sites for hydroxylation is 2. The van der Waals surface area contributed by atoms with E-state index in [2.05, 4.69) is 18.7 Å². The maximum absolute atomic E-state index is 12.4. The van der Waals surface area contributed by atoms with E-state index in [1.54, 1.807) is 0 Å². The lowest BCUT2D eigenvalue weighted by atomic mass is 9.99. The van der Waals surface area contributed by atoms with Crippen LogP contribution in [0.1, 0.15) is 55.6 Å². The third-order valence-electron chi connectivity index (χ3n) is 3.73. The zero-order valence-corrected chi connectivity index (χ0v) is 14.3. The van der Waals surface area contributed by atoms with Gasteiger partial charge in [0.05, 0.1) is 6.10 Å². The molecule has 1 rings (SSSR count). The zero-order valence-electron chi connectivity index (χ0n) is 14.3. The van der Waals surface area contributed by atoms with Crippen molar-refractivity contribution < 1.29 is 9.53 Å². The smallest absolute Gasteiger partial charge is 0.164 e. The Morgan fingerprint density at radius 3 is 2.29 bits per heavy atom. The number of carbonyl (C=O) groups excluding carboxylic acids is 1. The summed E-state index contributed by atoms with van der Waals surface area (Å²) in [6.07, 6.45) is 0.721. The molecule has 0 aliphatic carbocycles. The van der Waals surface area contributed by atoms with Gasteiger partial charge in [0.1, 0.15) is 5.75 Å². The Balaban J connectivity index is 2.83. The van der Waals surface area contributed by atoms with Crippen molar-refractivity contribution in [3.8, 4) is 5.75 Å². The minimum Gasteiger partial charge on any atom is -0.491 e. The first-order chi connectivity index (χ1) is 9.88. The predicted molar refractivity (Wildman–Crippen MR) is 88.4 cm³/mol. The van der Waals surface area contributed by atoms with Gasteiger partial charge in [-0.25, -0.2) is 0 Å². The molecule has 1 aromatic rings. The summed E-state index contributed by atoms with van der Waals surface area (Å²) in [7, 11) is 0. The number of rotatable bonds is 8. The highest BCUT2D eigenvalue weighted by molar-refractivity contribution is 5.98. The molecule has 0 saturated carbocycles. The van der Waals surface area contributed by atoms with Crippen LogP contribution in [-0.4, -0.2) is 36.4 Å². The van der Waals surface area contributed by atoms with Crippen LogP contribution in [-0.2, 0) is 0 Å². The molecule has 0 unspecified atom stereocenters. The summed E-state index contributed by atoms with van der Waals surface area (Å²) in [6, 6.07) is 3.96. The number of hydrogen-bond acceptors (Lipinski definition) is 3. The molecule has 3 nitrogen and oxygen atoms in total. The number of nitrogens with zero attached hydrogens (tertiary/aromatic N) is 1. The predicted octanol–water partition coefficient (Wildman–Crippen LogP) is 4.01. The summed E-state index contributed by atoms with van der Waals surface area (Å²) in [5.41, 5.74) is 2.86.